The summed E-state index contributed by atoms with van der Waals surface area (Å²) in [5.41, 5.74) is 1.29. The second kappa shape index (κ2) is 9.21. The van der Waals surface area contributed by atoms with Crippen molar-refractivity contribution in [3.05, 3.63) is 71.8 Å². The molecular formula is C21H20N2O5S2. The molecule has 1 amide bonds. The van der Waals surface area contributed by atoms with E-state index >= 15 is 0 Å². The number of nitrogens with one attached hydrogen (secondary N) is 2. The zero-order chi connectivity index (χ0) is 21.7. The van der Waals surface area contributed by atoms with Gasteiger partial charge in [0, 0.05) is 10.4 Å². The van der Waals surface area contributed by atoms with E-state index in [1.54, 1.807) is 13.0 Å². The summed E-state index contributed by atoms with van der Waals surface area (Å²) >= 11 is 1.24. The van der Waals surface area contributed by atoms with Crippen molar-refractivity contribution >= 4 is 38.2 Å². The first kappa shape index (κ1) is 21.7. The molecule has 1 aromatic heterocycles. The Hall–Kier alpha value is -3.01. The van der Waals surface area contributed by atoms with Gasteiger partial charge in [0.15, 0.2) is 0 Å². The van der Waals surface area contributed by atoms with E-state index in [1.807, 2.05) is 30.3 Å². The van der Waals surface area contributed by atoms with Crippen LogP contribution in [-0.2, 0) is 14.8 Å². The van der Waals surface area contributed by atoms with Gasteiger partial charge in [-0.25, -0.2) is 17.9 Å². The Labute approximate surface area is 178 Å². The van der Waals surface area contributed by atoms with Gasteiger partial charge >= 0.3 is 5.97 Å². The standard InChI is InChI=1S/C21H20N2O5S2/c1-3-28-21(25)17-13-18(14-8-5-4-6-9-14)29-20(17)23-19(24)15-10-7-11-16(12-15)30(26,27)22-2/h4-13,22H,3H2,1-2H3,(H,23,24). The van der Waals surface area contributed by atoms with E-state index in [-0.39, 0.29) is 22.6 Å². The summed E-state index contributed by atoms with van der Waals surface area (Å²) in [6, 6.07) is 16.8. The highest BCUT2D eigenvalue weighted by Gasteiger charge is 2.21. The van der Waals surface area contributed by atoms with Gasteiger partial charge in [0.2, 0.25) is 10.0 Å². The molecule has 0 radical (unpaired) electrons. The molecule has 9 heteroatoms. The smallest absolute Gasteiger partial charge is 0.341 e. The van der Waals surface area contributed by atoms with Gasteiger partial charge < -0.3 is 10.1 Å². The van der Waals surface area contributed by atoms with Gasteiger partial charge in [0.25, 0.3) is 5.91 Å². The van der Waals surface area contributed by atoms with E-state index in [0.29, 0.717) is 5.00 Å². The average Bonchev–Trinajstić information content (AvgIpc) is 3.18. The molecular weight excluding hydrogens is 424 g/mol. The van der Waals surface area contributed by atoms with Crippen LogP contribution in [0.25, 0.3) is 10.4 Å². The van der Waals surface area contributed by atoms with Gasteiger partial charge in [-0.2, -0.15) is 0 Å². The summed E-state index contributed by atoms with van der Waals surface area (Å²) in [5.74, 6) is -1.08. The van der Waals surface area contributed by atoms with Crippen LogP contribution >= 0.6 is 11.3 Å². The van der Waals surface area contributed by atoms with E-state index in [2.05, 4.69) is 10.0 Å². The number of hydrogen-bond donors (Lipinski definition) is 2. The Morgan fingerprint density at radius 3 is 2.43 bits per heavy atom. The third kappa shape index (κ3) is 4.76. The van der Waals surface area contributed by atoms with Crippen molar-refractivity contribution in [1.82, 2.24) is 4.72 Å². The van der Waals surface area contributed by atoms with Crippen LogP contribution < -0.4 is 10.0 Å². The van der Waals surface area contributed by atoms with Crippen LogP contribution in [0.5, 0.6) is 0 Å². The molecule has 0 spiro atoms. The Kier molecular flexibility index (Phi) is 6.66. The second-order valence-electron chi connectivity index (χ2n) is 6.13. The predicted octanol–water partition coefficient (Wildman–Crippen LogP) is 3.75. The third-order valence-corrected chi connectivity index (χ3v) is 6.70. The van der Waals surface area contributed by atoms with Crippen molar-refractivity contribution in [1.29, 1.82) is 0 Å². The van der Waals surface area contributed by atoms with Crippen LogP contribution in [0.1, 0.15) is 27.6 Å². The molecule has 3 rings (SSSR count). The maximum absolute atomic E-state index is 12.8. The number of rotatable bonds is 7. The molecule has 2 aromatic carbocycles. The summed E-state index contributed by atoms with van der Waals surface area (Å²) in [5, 5.41) is 3.05. The zero-order valence-corrected chi connectivity index (χ0v) is 18.0. The summed E-state index contributed by atoms with van der Waals surface area (Å²) in [6.45, 7) is 1.90. The van der Waals surface area contributed by atoms with Gasteiger partial charge in [0.1, 0.15) is 5.00 Å². The number of carbonyl (C=O) groups excluding carboxylic acids is 2. The highest BCUT2D eigenvalue weighted by molar-refractivity contribution is 7.89. The number of anilines is 1. The summed E-state index contributed by atoms with van der Waals surface area (Å²) in [7, 11) is -2.39. The first-order chi connectivity index (χ1) is 14.4. The number of amides is 1. The van der Waals surface area contributed by atoms with Crippen LogP contribution in [0.15, 0.2) is 65.6 Å². The summed E-state index contributed by atoms with van der Waals surface area (Å²) in [6.07, 6.45) is 0. The van der Waals surface area contributed by atoms with Gasteiger partial charge in [-0.15, -0.1) is 11.3 Å². The Balaban J connectivity index is 1.95. The van der Waals surface area contributed by atoms with Crippen LogP contribution in [0.4, 0.5) is 5.00 Å². The van der Waals surface area contributed by atoms with Crippen molar-refractivity contribution in [2.45, 2.75) is 11.8 Å². The van der Waals surface area contributed by atoms with Crippen LogP contribution in [0, 0.1) is 0 Å². The fraction of sp³-hybridized carbons (Fsp3) is 0.143. The number of ether oxygens (including phenoxy) is 1. The van der Waals surface area contributed by atoms with Crippen molar-refractivity contribution in [2.24, 2.45) is 0 Å². The molecule has 0 aliphatic carbocycles. The Bertz CT molecular complexity index is 1170. The average molecular weight is 445 g/mol. The molecule has 0 aliphatic rings. The predicted molar refractivity (Wildman–Crippen MR) is 116 cm³/mol. The largest absolute Gasteiger partial charge is 0.462 e. The molecule has 0 bridgehead atoms. The van der Waals surface area contributed by atoms with E-state index in [4.69, 9.17) is 4.74 Å². The molecule has 0 aliphatic heterocycles. The van der Waals surface area contributed by atoms with Crippen molar-refractivity contribution in [3.63, 3.8) is 0 Å². The van der Waals surface area contributed by atoms with Crippen LogP contribution in [0.2, 0.25) is 0 Å². The van der Waals surface area contributed by atoms with Crippen molar-refractivity contribution in [3.8, 4) is 10.4 Å². The monoisotopic (exact) mass is 444 g/mol. The Morgan fingerprint density at radius 1 is 1.03 bits per heavy atom. The first-order valence-electron chi connectivity index (χ1n) is 9.07. The lowest BCUT2D eigenvalue weighted by Crippen LogP contribution is -2.20. The van der Waals surface area contributed by atoms with E-state index < -0.39 is 21.9 Å². The zero-order valence-electron chi connectivity index (χ0n) is 16.3. The highest BCUT2D eigenvalue weighted by Crippen LogP contribution is 2.36. The number of esters is 1. The lowest BCUT2D eigenvalue weighted by atomic mass is 10.1. The number of benzene rings is 2. The molecule has 30 heavy (non-hydrogen) atoms. The minimum atomic E-state index is -3.69. The molecule has 3 aromatic rings. The molecule has 0 fully saturated rings. The van der Waals surface area contributed by atoms with E-state index in [1.165, 1.54) is 42.6 Å². The van der Waals surface area contributed by atoms with Crippen molar-refractivity contribution < 1.29 is 22.7 Å². The number of carbonyl (C=O) groups is 2. The number of sulfonamides is 1. The highest BCUT2D eigenvalue weighted by atomic mass is 32.2. The van der Waals surface area contributed by atoms with Gasteiger partial charge in [0.05, 0.1) is 17.1 Å². The molecule has 1 heterocycles. The number of thiophene rings is 1. The minimum absolute atomic E-state index is 0.0283. The maximum Gasteiger partial charge on any atom is 0.341 e. The summed E-state index contributed by atoms with van der Waals surface area (Å²) < 4.78 is 31.3. The molecule has 156 valence electrons. The van der Waals surface area contributed by atoms with E-state index in [0.717, 1.165) is 10.4 Å². The van der Waals surface area contributed by atoms with Gasteiger partial charge in [-0.3, -0.25) is 4.79 Å². The van der Waals surface area contributed by atoms with Crippen LogP contribution in [-0.4, -0.2) is 33.9 Å². The topological polar surface area (TPSA) is 102 Å². The van der Waals surface area contributed by atoms with Crippen molar-refractivity contribution in [2.75, 3.05) is 19.0 Å². The van der Waals surface area contributed by atoms with E-state index in [9.17, 15) is 18.0 Å². The fourth-order valence-electron chi connectivity index (χ4n) is 2.69. The first-order valence-corrected chi connectivity index (χ1v) is 11.4. The maximum atomic E-state index is 12.8. The third-order valence-electron chi connectivity index (χ3n) is 4.19. The molecule has 0 unspecified atom stereocenters. The molecule has 0 saturated carbocycles. The van der Waals surface area contributed by atoms with Crippen LogP contribution in [0.3, 0.4) is 0 Å². The second-order valence-corrected chi connectivity index (χ2v) is 9.07. The van der Waals surface area contributed by atoms with Gasteiger partial charge in [-0.1, -0.05) is 36.4 Å². The number of hydrogen-bond acceptors (Lipinski definition) is 6. The quantitative estimate of drug-likeness (QED) is 0.541. The molecule has 2 N–H and O–H groups in total. The lowest BCUT2D eigenvalue weighted by Gasteiger charge is -2.08. The fourth-order valence-corrected chi connectivity index (χ4v) is 4.51. The molecule has 0 atom stereocenters. The summed E-state index contributed by atoms with van der Waals surface area (Å²) in [4.78, 5) is 26.0. The molecule has 0 saturated heterocycles. The minimum Gasteiger partial charge on any atom is -0.462 e. The Morgan fingerprint density at radius 2 is 1.77 bits per heavy atom. The SMILES string of the molecule is CCOC(=O)c1cc(-c2ccccc2)sc1NC(=O)c1cccc(S(=O)(=O)NC)c1. The lowest BCUT2D eigenvalue weighted by molar-refractivity contribution is 0.0528. The van der Waals surface area contributed by atoms with Gasteiger partial charge in [-0.05, 0) is 43.8 Å². The normalized spacial score (nSPS) is 11.1. The molecule has 7 nitrogen and oxygen atoms in total.